The molecule has 116 valence electrons. The Labute approximate surface area is 138 Å². The zero-order valence-electron chi connectivity index (χ0n) is 13.1. The maximum Gasteiger partial charge on any atom is 0.123 e. The molecule has 0 N–H and O–H groups in total. The van der Waals surface area contributed by atoms with Gasteiger partial charge < -0.3 is 4.40 Å². The third-order valence-electron chi connectivity index (χ3n) is 4.28. The molecule has 3 nitrogen and oxygen atoms in total. The number of pyridine rings is 2. The molecule has 0 unspecified atom stereocenters. The highest BCUT2D eigenvalue weighted by Gasteiger charge is 2.10. The zero-order chi connectivity index (χ0) is 16.7. The van der Waals surface area contributed by atoms with Gasteiger partial charge in [0.15, 0.2) is 0 Å². The molecule has 0 atom stereocenters. The van der Waals surface area contributed by atoms with E-state index in [1.165, 1.54) is 12.1 Å². The molecule has 4 rings (SSSR count). The summed E-state index contributed by atoms with van der Waals surface area (Å²) in [5, 5.41) is 9.91. The van der Waals surface area contributed by atoms with Gasteiger partial charge in [-0.15, -0.1) is 0 Å². The largest absolute Gasteiger partial charge is 0.319 e. The Bertz CT molecular complexity index is 1120. The average molecular weight is 315 g/mol. The van der Waals surface area contributed by atoms with Gasteiger partial charge in [-0.1, -0.05) is 6.07 Å². The second kappa shape index (κ2) is 5.47. The molecule has 3 heterocycles. The van der Waals surface area contributed by atoms with E-state index in [2.05, 4.69) is 24.0 Å². The maximum atomic E-state index is 13.3. The number of halogens is 1. The zero-order valence-corrected chi connectivity index (χ0v) is 13.1. The minimum Gasteiger partial charge on any atom is -0.319 e. The van der Waals surface area contributed by atoms with Gasteiger partial charge in [0.2, 0.25) is 0 Å². The van der Waals surface area contributed by atoms with Crippen LogP contribution in [0.2, 0.25) is 0 Å². The fraction of sp³-hybridized carbons (Fsp3) is 0.100. The Kier molecular flexibility index (Phi) is 3.28. The van der Waals surface area contributed by atoms with E-state index in [1.807, 2.05) is 34.9 Å². The summed E-state index contributed by atoms with van der Waals surface area (Å²) < 4.78 is 15.3. The SMILES string of the molecule is Cc1cc2ccc(C#N)cn2c1Cc1ccc2cc(F)ccc2n1. The van der Waals surface area contributed by atoms with Crippen LogP contribution >= 0.6 is 0 Å². The number of hydrogen-bond acceptors (Lipinski definition) is 2. The molecule has 0 amide bonds. The molecule has 0 aliphatic rings. The smallest absolute Gasteiger partial charge is 0.123 e. The van der Waals surface area contributed by atoms with Crippen molar-refractivity contribution < 1.29 is 4.39 Å². The van der Waals surface area contributed by atoms with Gasteiger partial charge in [-0.3, -0.25) is 4.98 Å². The molecule has 0 saturated carbocycles. The molecule has 0 radical (unpaired) electrons. The number of benzene rings is 1. The average Bonchev–Trinajstić information content (AvgIpc) is 2.90. The first-order valence-corrected chi connectivity index (χ1v) is 7.70. The number of nitrogens with zero attached hydrogens (tertiary/aromatic N) is 3. The predicted octanol–water partition coefficient (Wildman–Crippen LogP) is 4.40. The molecule has 0 saturated heterocycles. The summed E-state index contributed by atoms with van der Waals surface area (Å²) in [5.41, 5.74) is 5.65. The number of fused-ring (bicyclic) bond motifs is 2. The van der Waals surface area contributed by atoms with Crippen molar-refractivity contribution in [1.82, 2.24) is 9.38 Å². The number of rotatable bonds is 2. The number of hydrogen-bond donors (Lipinski definition) is 0. The Morgan fingerprint density at radius 3 is 2.83 bits per heavy atom. The molecule has 1 aromatic carbocycles. The third kappa shape index (κ3) is 2.40. The highest BCUT2D eigenvalue weighted by Crippen LogP contribution is 2.21. The van der Waals surface area contributed by atoms with Crippen LogP contribution in [0, 0.1) is 24.1 Å². The fourth-order valence-electron chi connectivity index (χ4n) is 3.06. The molecule has 4 aromatic rings. The van der Waals surface area contributed by atoms with Crippen LogP contribution < -0.4 is 0 Å². The van der Waals surface area contributed by atoms with E-state index in [1.54, 1.807) is 6.07 Å². The molecular formula is C20H14FN3. The first kappa shape index (κ1) is 14.4. The topological polar surface area (TPSA) is 41.1 Å². The first-order chi connectivity index (χ1) is 11.6. The van der Waals surface area contributed by atoms with Crippen molar-refractivity contribution in [3.05, 3.63) is 83.1 Å². The quantitative estimate of drug-likeness (QED) is 0.550. The van der Waals surface area contributed by atoms with E-state index in [4.69, 9.17) is 5.26 Å². The first-order valence-electron chi connectivity index (χ1n) is 7.70. The van der Waals surface area contributed by atoms with Gasteiger partial charge in [-0.2, -0.15) is 5.26 Å². The monoisotopic (exact) mass is 315 g/mol. The van der Waals surface area contributed by atoms with Crippen molar-refractivity contribution in [2.45, 2.75) is 13.3 Å². The Morgan fingerprint density at radius 1 is 1.12 bits per heavy atom. The highest BCUT2D eigenvalue weighted by molar-refractivity contribution is 5.78. The molecule has 0 aliphatic heterocycles. The Hall–Kier alpha value is -3.19. The third-order valence-corrected chi connectivity index (χ3v) is 4.28. The van der Waals surface area contributed by atoms with Crippen LogP contribution in [0.15, 0.2) is 54.7 Å². The summed E-state index contributed by atoms with van der Waals surface area (Å²) in [5.74, 6) is -0.255. The lowest BCUT2D eigenvalue weighted by molar-refractivity contribution is 0.629. The van der Waals surface area contributed by atoms with Gasteiger partial charge in [-0.05, 0) is 55.0 Å². The molecule has 4 heteroatoms. The van der Waals surface area contributed by atoms with Crippen molar-refractivity contribution in [2.24, 2.45) is 0 Å². The van der Waals surface area contributed by atoms with Crippen LogP contribution in [0.4, 0.5) is 4.39 Å². The minimum absolute atomic E-state index is 0.255. The Balaban J connectivity index is 1.80. The summed E-state index contributed by atoms with van der Waals surface area (Å²) in [6, 6.07) is 16.5. The normalized spacial score (nSPS) is 11.0. The summed E-state index contributed by atoms with van der Waals surface area (Å²) in [6.45, 7) is 2.06. The number of aromatic nitrogens is 2. The van der Waals surface area contributed by atoms with Crippen molar-refractivity contribution >= 4 is 16.4 Å². The van der Waals surface area contributed by atoms with Crippen LogP contribution in [0.25, 0.3) is 16.4 Å². The Morgan fingerprint density at radius 2 is 2.00 bits per heavy atom. The standard InChI is InChI=1S/C20H14FN3/c1-13-8-18-6-2-14(11-22)12-24(18)20(13)10-17-5-3-15-9-16(21)4-7-19(15)23-17/h2-9,12H,10H2,1H3. The maximum absolute atomic E-state index is 13.3. The van der Waals surface area contributed by atoms with Gasteiger partial charge in [0.25, 0.3) is 0 Å². The van der Waals surface area contributed by atoms with Crippen LogP contribution in [0.1, 0.15) is 22.5 Å². The summed E-state index contributed by atoms with van der Waals surface area (Å²) >= 11 is 0. The van der Waals surface area contributed by atoms with Crippen LogP contribution in [-0.2, 0) is 6.42 Å². The molecule has 24 heavy (non-hydrogen) atoms. The number of nitriles is 1. The molecule has 0 bridgehead atoms. The molecule has 0 aliphatic carbocycles. The van der Waals surface area contributed by atoms with Gasteiger partial charge in [0.05, 0.1) is 11.1 Å². The lowest BCUT2D eigenvalue weighted by atomic mass is 10.1. The van der Waals surface area contributed by atoms with E-state index in [0.29, 0.717) is 12.0 Å². The van der Waals surface area contributed by atoms with E-state index < -0.39 is 0 Å². The highest BCUT2D eigenvalue weighted by atomic mass is 19.1. The van der Waals surface area contributed by atoms with Gasteiger partial charge in [0, 0.05) is 34.9 Å². The molecule has 0 spiro atoms. The van der Waals surface area contributed by atoms with Crippen LogP contribution in [0.5, 0.6) is 0 Å². The second-order valence-corrected chi connectivity index (χ2v) is 5.91. The van der Waals surface area contributed by atoms with Gasteiger partial charge >= 0.3 is 0 Å². The van der Waals surface area contributed by atoms with E-state index in [0.717, 1.165) is 33.4 Å². The number of aryl methyl sites for hydroxylation is 1. The lowest BCUT2D eigenvalue weighted by Crippen LogP contribution is -1.99. The van der Waals surface area contributed by atoms with E-state index in [-0.39, 0.29) is 5.82 Å². The fourth-order valence-corrected chi connectivity index (χ4v) is 3.06. The van der Waals surface area contributed by atoms with Crippen molar-refractivity contribution in [3.63, 3.8) is 0 Å². The van der Waals surface area contributed by atoms with Gasteiger partial charge in [0.1, 0.15) is 11.9 Å². The van der Waals surface area contributed by atoms with Crippen LogP contribution in [0.3, 0.4) is 0 Å². The summed E-state index contributed by atoms with van der Waals surface area (Å²) in [7, 11) is 0. The van der Waals surface area contributed by atoms with Gasteiger partial charge in [-0.25, -0.2) is 4.39 Å². The summed E-state index contributed by atoms with van der Waals surface area (Å²) in [4.78, 5) is 4.64. The van der Waals surface area contributed by atoms with E-state index >= 15 is 0 Å². The predicted molar refractivity (Wildman–Crippen MR) is 91.4 cm³/mol. The van der Waals surface area contributed by atoms with Crippen molar-refractivity contribution in [3.8, 4) is 6.07 Å². The molecule has 3 aromatic heterocycles. The lowest BCUT2D eigenvalue weighted by Gasteiger charge is -2.06. The summed E-state index contributed by atoms with van der Waals surface area (Å²) in [6.07, 6.45) is 2.51. The molecular weight excluding hydrogens is 301 g/mol. The van der Waals surface area contributed by atoms with Crippen molar-refractivity contribution in [1.29, 1.82) is 5.26 Å². The van der Waals surface area contributed by atoms with Crippen LogP contribution in [-0.4, -0.2) is 9.38 Å². The van der Waals surface area contributed by atoms with Crippen molar-refractivity contribution in [2.75, 3.05) is 0 Å². The van der Waals surface area contributed by atoms with E-state index in [9.17, 15) is 4.39 Å². The second-order valence-electron chi connectivity index (χ2n) is 5.91. The molecule has 0 fully saturated rings. The minimum atomic E-state index is -0.255.